The molecule has 0 aromatic heterocycles. The zero-order valence-corrected chi connectivity index (χ0v) is 12.4. The summed E-state index contributed by atoms with van der Waals surface area (Å²) in [5.74, 6) is -0.468. The van der Waals surface area contributed by atoms with Gasteiger partial charge in [-0.3, -0.25) is 4.79 Å². The lowest BCUT2D eigenvalue weighted by molar-refractivity contribution is -0.139. The summed E-state index contributed by atoms with van der Waals surface area (Å²) in [5, 5.41) is 11.3. The van der Waals surface area contributed by atoms with Crippen LogP contribution in [-0.4, -0.2) is 56.7 Å². The van der Waals surface area contributed by atoms with Gasteiger partial charge in [-0.15, -0.1) is 0 Å². The zero-order valence-electron chi connectivity index (χ0n) is 12.4. The average molecular weight is 302 g/mol. The monoisotopic (exact) mass is 302 g/mol. The summed E-state index contributed by atoms with van der Waals surface area (Å²) in [6.45, 7) is 2.44. The molecule has 116 valence electrons. The van der Waals surface area contributed by atoms with Crippen molar-refractivity contribution in [2.75, 3.05) is 44.7 Å². The second-order valence-electron chi connectivity index (χ2n) is 4.87. The highest BCUT2D eigenvalue weighted by Crippen LogP contribution is 2.17. The third-order valence-corrected chi connectivity index (χ3v) is 3.54. The molecular weight excluding hydrogens is 284 g/mol. The number of esters is 1. The molecule has 0 unspecified atom stereocenters. The van der Waals surface area contributed by atoms with E-state index in [9.17, 15) is 9.59 Å². The van der Waals surface area contributed by atoms with E-state index in [0.29, 0.717) is 31.7 Å². The van der Waals surface area contributed by atoms with Crippen LogP contribution in [0, 0.1) is 11.3 Å². The molecule has 1 aromatic carbocycles. The lowest BCUT2D eigenvalue weighted by atomic mass is 10.2. The molecule has 1 aromatic rings. The predicted molar refractivity (Wildman–Crippen MR) is 80.4 cm³/mol. The van der Waals surface area contributed by atoms with Crippen LogP contribution in [0.25, 0.3) is 0 Å². The topological polar surface area (TPSA) is 85.7 Å². The molecule has 0 aliphatic carbocycles. The first-order chi connectivity index (χ1) is 10.6. The van der Waals surface area contributed by atoms with Crippen molar-refractivity contribution in [3.05, 3.63) is 29.8 Å². The van der Waals surface area contributed by atoms with Crippen molar-refractivity contribution in [2.45, 2.75) is 0 Å². The number of hydrogen-bond donors (Lipinski definition) is 1. The van der Waals surface area contributed by atoms with Crippen molar-refractivity contribution < 1.29 is 14.3 Å². The summed E-state index contributed by atoms with van der Waals surface area (Å²) in [4.78, 5) is 26.7. The summed E-state index contributed by atoms with van der Waals surface area (Å²) in [7, 11) is 1.28. The number of nitriles is 1. The van der Waals surface area contributed by atoms with Gasteiger partial charge in [0.2, 0.25) is 0 Å². The first-order valence-corrected chi connectivity index (χ1v) is 6.98. The maximum Gasteiger partial charge on any atom is 0.325 e. The summed E-state index contributed by atoms with van der Waals surface area (Å²) in [5.41, 5.74) is 1.66. The minimum atomic E-state index is -0.468. The first kappa shape index (κ1) is 15.6. The molecule has 1 heterocycles. The minimum Gasteiger partial charge on any atom is -0.468 e. The molecule has 7 heteroatoms. The van der Waals surface area contributed by atoms with E-state index in [-0.39, 0.29) is 12.6 Å². The van der Waals surface area contributed by atoms with E-state index < -0.39 is 5.97 Å². The largest absolute Gasteiger partial charge is 0.468 e. The Balaban J connectivity index is 1.83. The summed E-state index contributed by atoms with van der Waals surface area (Å²) in [6.07, 6.45) is 0. The summed E-state index contributed by atoms with van der Waals surface area (Å²) < 4.78 is 4.48. The smallest absolute Gasteiger partial charge is 0.325 e. The van der Waals surface area contributed by atoms with Gasteiger partial charge in [-0.05, 0) is 24.3 Å². The Bertz CT molecular complexity index is 571. The number of hydrogen-bond acceptors (Lipinski definition) is 5. The van der Waals surface area contributed by atoms with Gasteiger partial charge in [-0.25, -0.2) is 4.79 Å². The Morgan fingerprint density at radius 3 is 2.41 bits per heavy atom. The number of methoxy groups -OCH3 is 1. The second kappa shape index (κ2) is 7.31. The standard InChI is InChI=1S/C15H18N4O3/c1-22-14(20)11-17-15(21)19-8-6-18(7-9-19)13-4-2-12(10-16)3-5-13/h2-5H,6-9,11H2,1H3,(H,17,21). The molecule has 1 aliphatic heterocycles. The molecule has 0 bridgehead atoms. The molecule has 1 N–H and O–H groups in total. The quantitative estimate of drug-likeness (QED) is 0.825. The van der Waals surface area contributed by atoms with Gasteiger partial charge in [0.25, 0.3) is 0 Å². The minimum absolute atomic E-state index is 0.120. The van der Waals surface area contributed by atoms with E-state index in [1.54, 1.807) is 17.0 Å². The van der Waals surface area contributed by atoms with E-state index in [0.717, 1.165) is 5.69 Å². The number of amides is 2. The van der Waals surface area contributed by atoms with E-state index in [1.165, 1.54) is 7.11 Å². The fourth-order valence-electron chi connectivity index (χ4n) is 2.25. The molecule has 1 fully saturated rings. The van der Waals surface area contributed by atoms with Crippen LogP contribution >= 0.6 is 0 Å². The van der Waals surface area contributed by atoms with Crippen molar-refractivity contribution in [3.63, 3.8) is 0 Å². The number of nitrogens with zero attached hydrogens (tertiary/aromatic N) is 3. The molecule has 1 saturated heterocycles. The molecule has 0 saturated carbocycles. The lowest BCUT2D eigenvalue weighted by Crippen LogP contribution is -2.52. The van der Waals surface area contributed by atoms with Crippen LogP contribution in [0.3, 0.4) is 0 Å². The van der Waals surface area contributed by atoms with Crippen molar-refractivity contribution in [3.8, 4) is 6.07 Å². The molecule has 22 heavy (non-hydrogen) atoms. The van der Waals surface area contributed by atoms with Crippen molar-refractivity contribution in [1.82, 2.24) is 10.2 Å². The fourth-order valence-corrected chi connectivity index (χ4v) is 2.25. The maximum absolute atomic E-state index is 11.9. The molecule has 7 nitrogen and oxygen atoms in total. The van der Waals surface area contributed by atoms with Gasteiger partial charge in [0, 0.05) is 31.9 Å². The highest BCUT2D eigenvalue weighted by molar-refractivity contribution is 5.81. The highest BCUT2D eigenvalue weighted by atomic mass is 16.5. The van der Waals surface area contributed by atoms with E-state index in [2.05, 4.69) is 21.0 Å². The number of nitrogens with one attached hydrogen (secondary N) is 1. The van der Waals surface area contributed by atoms with Crippen molar-refractivity contribution in [1.29, 1.82) is 5.26 Å². The lowest BCUT2D eigenvalue weighted by Gasteiger charge is -2.36. The number of benzene rings is 1. The average Bonchev–Trinajstić information content (AvgIpc) is 2.59. The van der Waals surface area contributed by atoms with Gasteiger partial charge in [0.1, 0.15) is 6.54 Å². The van der Waals surface area contributed by atoms with Gasteiger partial charge in [0.05, 0.1) is 18.7 Å². The summed E-state index contributed by atoms with van der Waals surface area (Å²) >= 11 is 0. The molecule has 2 amide bonds. The second-order valence-corrected chi connectivity index (χ2v) is 4.87. The highest BCUT2D eigenvalue weighted by Gasteiger charge is 2.21. The third-order valence-electron chi connectivity index (χ3n) is 3.54. The fraction of sp³-hybridized carbons (Fsp3) is 0.400. The Kier molecular flexibility index (Phi) is 5.20. The van der Waals surface area contributed by atoms with Crippen LogP contribution in [0.4, 0.5) is 10.5 Å². The molecule has 2 rings (SSSR count). The number of carbonyl (C=O) groups excluding carboxylic acids is 2. The van der Waals surface area contributed by atoms with Gasteiger partial charge < -0.3 is 19.9 Å². The number of rotatable bonds is 3. The van der Waals surface area contributed by atoms with Crippen LogP contribution in [-0.2, 0) is 9.53 Å². The Morgan fingerprint density at radius 1 is 1.23 bits per heavy atom. The number of piperazine rings is 1. The number of ether oxygens (including phenoxy) is 1. The van der Waals surface area contributed by atoms with Crippen LogP contribution in [0.5, 0.6) is 0 Å². The van der Waals surface area contributed by atoms with E-state index in [4.69, 9.17) is 5.26 Å². The Hall–Kier alpha value is -2.75. The normalized spacial score (nSPS) is 14.2. The Labute approximate surface area is 129 Å². The van der Waals surface area contributed by atoms with Crippen molar-refractivity contribution >= 4 is 17.7 Å². The van der Waals surface area contributed by atoms with Crippen LogP contribution in [0.2, 0.25) is 0 Å². The summed E-state index contributed by atoms with van der Waals surface area (Å²) in [6, 6.07) is 9.21. The SMILES string of the molecule is COC(=O)CNC(=O)N1CCN(c2ccc(C#N)cc2)CC1. The van der Waals surface area contributed by atoms with Gasteiger partial charge in [-0.2, -0.15) is 5.26 Å². The van der Waals surface area contributed by atoms with E-state index in [1.807, 2.05) is 12.1 Å². The van der Waals surface area contributed by atoms with Gasteiger partial charge in [-0.1, -0.05) is 0 Å². The third kappa shape index (κ3) is 3.88. The zero-order chi connectivity index (χ0) is 15.9. The van der Waals surface area contributed by atoms with Crippen LogP contribution in [0.1, 0.15) is 5.56 Å². The molecule has 0 atom stereocenters. The number of carbonyl (C=O) groups is 2. The number of anilines is 1. The number of urea groups is 1. The molecule has 1 aliphatic rings. The van der Waals surface area contributed by atoms with Gasteiger partial charge in [0.15, 0.2) is 0 Å². The molecular formula is C15H18N4O3. The molecule has 0 radical (unpaired) electrons. The predicted octanol–water partition coefficient (Wildman–Crippen LogP) is 0.563. The van der Waals surface area contributed by atoms with Gasteiger partial charge >= 0.3 is 12.0 Å². The van der Waals surface area contributed by atoms with Crippen molar-refractivity contribution in [2.24, 2.45) is 0 Å². The van der Waals surface area contributed by atoms with Crippen LogP contribution in [0.15, 0.2) is 24.3 Å². The Morgan fingerprint density at radius 2 is 1.86 bits per heavy atom. The first-order valence-electron chi connectivity index (χ1n) is 6.98. The molecule has 0 spiro atoms. The maximum atomic E-state index is 11.9. The van der Waals surface area contributed by atoms with E-state index >= 15 is 0 Å². The van der Waals surface area contributed by atoms with Crippen LogP contribution < -0.4 is 10.2 Å².